The van der Waals surface area contributed by atoms with E-state index in [1.807, 2.05) is 0 Å². The number of Topliss-reactive ketones (excluding diaryl/α,β-unsaturated/α-hetero) is 1. The van der Waals surface area contributed by atoms with Gasteiger partial charge in [-0.2, -0.15) is 0 Å². The monoisotopic (exact) mass is 304 g/mol. The molecule has 0 N–H and O–H groups in total. The van der Waals surface area contributed by atoms with Gasteiger partial charge < -0.3 is 0 Å². The van der Waals surface area contributed by atoms with Crippen LogP contribution in [0.15, 0.2) is 18.2 Å². The molecule has 0 saturated carbocycles. The number of ketones is 1. The second kappa shape index (κ2) is 5.59. The molecule has 1 aromatic rings. The Morgan fingerprint density at radius 3 is 2.74 bits per heavy atom. The minimum absolute atomic E-state index is 0.0593. The van der Waals surface area contributed by atoms with Crippen LogP contribution in [0.5, 0.6) is 0 Å². The van der Waals surface area contributed by atoms with Gasteiger partial charge in [0.15, 0.2) is 9.84 Å². The molecule has 2 rings (SSSR count). The van der Waals surface area contributed by atoms with Gasteiger partial charge in [-0.25, -0.2) is 12.8 Å². The molecular weight excluding hydrogens is 291 g/mol. The Bertz CT molecular complexity index is 578. The Hall–Kier alpha value is -0.940. The summed E-state index contributed by atoms with van der Waals surface area (Å²) in [5.41, 5.74) is 0.190. The minimum atomic E-state index is -2.98. The summed E-state index contributed by atoms with van der Waals surface area (Å²) >= 11 is 5.85. The molecule has 0 spiro atoms. The molecule has 1 aromatic carbocycles. The Morgan fingerprint density at radius 1 is 1.42 bits per heavy atom. The van der Waals surface area contributed by atoms with Crippen LogP contribution >= 0.6 is 11.6 Å². The van der Waals surface area contributed by atoms with Gasteiger partial charge in [0.25, 0.3) is 0 Å². The predicted octanol–water partition coefficient (Wildman–Crippen LogP) is 2.42. The van der Waals surface area contributed by atoms with E-state index in [1.54, 1.807) is 0 Å². The molecule has 1 heterocycles. The molecule has 104 valence electrons. The number of hydrogen-bond acceptors (Lipinski definition) is 3. The summed E-state index contributed by atoms with van der Waals surface area (Å²) in [6.07, 6.45) is 0.602. The highest BCUT2D eigenvalue weighted by molar-refractivity contribution is 7.91. The molecule has 0 radical (unpaired) electrons. The van der Waals surface area contributed by atoms with Crippen molar-refractivity contribution in [1.82, 2.24) is 0 Å². The molecule has 19 heavy (non-hydrogen) atoms. The standard InChI is InChI=1S/C13H14ClFO3S/c14-12-2-1-3-13(15)11(12)7-10(16)6-9-4-5-19(17,18)8-9/h1-3,9H,4-8H2. The number of halogens is 2. The molecule has 0 bridgehead atoms. The van der Waals surface area contributed by atoms with Crippen LogP contribution in [0.2, 0.25) is 5.02 Å². The van der Waals surface area contributed by atoms with E-state index in [9.17, 15) is 17.6 Å². The molecule has 1 aliphatic rings. The number of rotatable bonds is 4. The molecule has 0 aliphatic carbocycles. The first kappa shape index (κ1) is 14.5. The molecule has 0 amide bonds. The van der Waals surface area contributed by atoms with Gasteiger partial charge >= 0.3 is 0 Å². The lowest BCUT2D eigenvalue weighted by molar-refractivity contribution is -0.119. The fraction of sp³-hybridized carbons (Fsp3) is 0.462. The molecule has 3 nitrogen and oxygen atoms in total. The van der Waals surface area contributed by atoms with E-state index in [2.05, 4.69) is 0 Å². The summed E-state index contributed by atoms with van der Waals surface area (Å²) in [6.45, 7) is 0. The van der Waals surface area contributed by atoms with Crippen molar-refractivity contribution in [3.63, 3.8) is 0 Å². The summed E-state index contributed by atoms with van der Waals surface area (Å²) in [5, 5.41) is 0.229. The van der Waals surface area contributed by atoms with Crippen molar-refractivity contribution < 1.29 is 17.6 Å². The van der Waals surface area contributed by atoms with E-state index in [1.165, 1.54) is 18.2 Å². The zero-order valence-electron chi connectivity index (χ0n) is 10.2. The third-order valence-electron chi connectivity index (χ3n) is 3.28. The van der Waals surface area contributed by atoms with Gasteiger partial charge in [0.2, 0.25) is 0 Å². The van der Waals surface area contributed by atoms with Crippen molar-refractivity contribution in [2.45, 2.75) is 19.3 Å². The predicted molar refractivity (Wildman–Crippen MR) is 71.5 cm³/mol. The average Bonchev–Trinajstić information content (AvgIpc) is 2.63. The topological polar surface area (TPSA) is 51.2 Å². The van der Waals surface area contributed by atoms with Crippen molar-refractivity contribution in [1.29, 1.82) is 0 Å². The fourth-order valence-corrected chi connectivity index (χ4v) is 4.42. The van der Waals surface area contributed by atoms with Gasteiger partial charge in [-0.15, -0.1) is 0 Å². The highest BCUT2D eigenvalue weighted by Gasteiger charge is 2.29. The summed E-state index contributed by atoms with van der Waals surface area (Å²) in [5.74, 6) is -0.605. The fourth-order valence-electron chi connectivity index (χ4n) is 2.33. The molecule has 1 unspecified atom stereocenters. The van der Waals surface area contributed by atoms with Crippen LogP contribution in [0.4, 0.5) is 4.39 Å². The largest absolute Gasteiger partial charge is 0.299 e. The van der Waals surface area contributed by atoms with Crippen LogP contribution in [0, 0.1) is 11.7 Å². The van der Waals surface area contributed by atoms with Crippen molar-refractivity contribution >= 4 is 27.2 Å². The maximum absolute atomic E-state index is 13.5. The number of sulfone groups is 1. The first-order chi connectivity index (χ1) is 8.87. The Labute approximate surface area is 116 Å². The third-order valence-corrected chi connectivity index (χ3v) is 5.47. The van der Waals surface area contributed by atoms with Crippen LogP contribution in [-0.2, 0) is 21.1 Å². The smallest absolute Gasteiger partial charge is 0.150 e. The van der Waals surface area contributed by atoms with E-state index in [0.717, 1.165) is 0 Å². The summed E-state index contributed by atoms with van der Waals surface area (Å²) in [4.78, 5) is 11.9. The molecular formula is C13H14ClFO3S. The molecule has 1 atom stereocenters. The van der Waals surface area contributed by atoms with Gasteiger partial charge in [-0.3, -0.25) is 4.79 Å². The minimum Gasteiger partial charge on any atom is -0.299 e. The number of carbonyl (C=O) groups excluding carboxylic acids is 1. The van der Waals surface area contributed by atoms with Crippen LogP contribution < -0.4 is 0 Å². The lowest BCUT2D eigenvalue weighted by Crippen LogP contribution is -2.13. The SMILES string of the molecule is O=C(Cc1c(F)cccc1Cl)CC1CCS(=O)(=O)C1. The van der Waals surface area contributed by atoms with Crippen LogP contribution in [-0.4, -0.2) is 25.7 Å². The molecule has 6 heteroatoms. The molecule has 1 fully saturated rings. The summed E-state index contributed by atoms with van der Waals surface area (Å²) in [6, 6.07) is 4.27. The molecule has 1 aliphatic heterocycles. The van der Waals surface area contributed by atoms with Crippen molar-refractivity contribution in [2.75, 3.05) is 11.5 Å². The van der Waals surface area contributed by atoms with Gasteiger partial charge in [-0.1, -0.05) is 17.7 Å². The number of hydrogen-bond donors (Lipinski definition) is 0. The number of carbonyl (C=O) groups is 1. The first-order valence-corrected chi connectivity index (χ1v) is 8.22. The maximum atomic E-state index is 13.5. The van der Waals surface area contributed by atoms with Crippen LogP contribution in [0.1, 0.15) is 18.4 Å². The third kappa shape index (κ3) is 3.76. The van der Waals surface area contributed by atoms with E-state index in [4.69, 9.17) is 11.6 Å². The average molecular weight is 305 g/mol. The number of benzene rings is 1. The Kier molecular flexibility index (Phi) is 4.26. The lowest BCUT2D eigenvalue weighted by atomic mass is 9.98. The highest BCUT2D eigenvalue weighted by Crippen LogP contribution is 2.24. The molecule has 0 aromatic heterocycles. The second-order valence-electron chi connectivity index (χ2n) is 4.89. The zero-order valence-corrected chi connectivity index (χ0v) is 11.8. The Balaban J connectivity index is 1.99. The van der Waals surface area contributed by atoms with E-state index < -0.39 is 15.7 Å². The van der Waals surface area contributed by atoms with E-state index >= 15 is 0 Å². The summed E-state index contributed by atoms with van der Waals surface area (Å²) in [7, 11) is -2.98. The van der Waals surface area contributed by atoms with Gasteiger partial charge in [-0.05, 0) is 24.5 Å². The Morgan fingerprint density at radius 2 is 2.16 bits per heavy atom. The second-order valence-corrected chi connectivity index (χ2v) is 7.52. The molecule has 1 saturated heterocycles. The van der Waals surface area contributed by atoms with E-state index in [-0.39, 0.29) is 46.6 Å². The van der Waals surface area contributed by atoms with Crippen molar-refractivity contribution in [3.05, 3.63) is 34.6 Å². The van der Waals surface area contributed by atoms with Crippen molar-refractivity contribution in [3.8, 4) is 0 Å². The summed E-state index contributed by atoms with van der Waals surface area (Å²) < 4.78 is 36.1. The van der Waals surface area contributed by atoms with Gasteiger partial charge in [0, 0.05) is 23.4 Å². The van der Waals surface area contributed by atoms with Gasteiger partial charge in [0.1, 0.15) is 11.6 Å². The normalized spacial score (nSPS) is 21.5. The highest BCUT2D eigenvalue weighted by atomic mass is 35.5. The lowest BCUT2D eigenvalue weighted by Gasteiger charge is -2.08. The van der Waals surface area contributed by atoms with Crippen LogP contribution in [0.3, 0.4) is 0 Å². The maximum Gasteiger partial charge on any atom is 0.150 e. The zero-order chi connectivity index (χ0) is 14.0. The van der Waals surface area contributed by atoms with Crippen molar-refractivity contribution in [2.24, 2.45) is 5.92 Å². The van der Waals surface area contributed by atoms with Gasteiger partial charge in [0.05, 0.1) is 11.5 Å². The quantitative estimate of drug-likeness (QED) is 0.858. The van der Waals surface area contributed by atoms with Crippen LogP contribution in [0.25, 0.3) is 0 Å². The first-order valence-electron chi connectivity index (χ1n) is 6.02. The van der Waals surface area contributed by atoms with E-state index in [0.29, 0.717) is 6.42 Å².